The van der Waals surface area contributed by atoms with Crippen molar-refractivity contribution in [3.63, 3.8) is 0 Å². The number of aromatic nitrogens is 3. The first kappa shape index (κ1) is 21.0. The van der Waals surface area contributed by atoms with Gasteiger partial charge in [0.2, 0.25) is 0 Å². The number of piperidine rings is 1. The molecule has 0 amide bonds. The first-order valence-corrected chi connectivity index (χ1v) is 10.8. The lowest BCUT2D eigenvalue weighted by molar-refractivity contribution is 0.573. The van der Waals surface area contributed by atoms with E-state index in [0.29, 0.717) is 17.3 Å². The van der Waals surface area contributed by atoms with E-state index in [4.69, 9.17) is 34.8 Å². The molecule has 0 saturated carbocycles. The summed E-state index contributed by atoms with van der Waals surface area (Å²) in [6, 6.07) is 9.31. The molecule has 3 heterocycles. The molecule has 4 rings (SSSR count). The van der Waals surface area contributed by atoms with Crippen molar-refractivity contribution in [3.8, 4) is 5.69 Å². The van der Waals surface area contributed by atoms with E-state index < -0.39 is 5.56 Å². The van der Waals surface area contributed by atoms with Crippen LogP contribution in [0.15, 0.2) is 47.5 Å². The molecular formula is C21H20Cl3N5O. The number of rotatable bonds is 5. The fraction of sp³-hybridized carbons (Fsp3) is 0.286. The highest BCUT2D eigenvalue weighted by Crippen LogP contribution is 2.26. The Balaban J connectivity index is 1.49. The van der Waals surface area contributed by atoms with Crippen LogP contribution in [0.4, 0.5) is 11.5 Å². The van der Waals surface area contributed by atoms with Gasteiger partial charge in [0.05, 0.1) is 27.6 Å². The smallest absolute Gasteiger partial charge is 0.291 e. The zero-order valence-corrected chi connectivity index (χ0v) is 18.4. The molecule has 1 aromatic carbocycles. The molecule has 0 radical (unpaired) electrons. The summed E-state index contributed by atoms with van der Waals surface area (Å²) in [5.74, 6) is 1.01. The second kappa shape index (κ2) is 9.25. The molecule has 0 spiro atoms. The van der Waals surface area contributed by atoms with Crippen LogP contribution >= 0.6 is 34.8 Å². The molecule has 9 heteroatoms. The maximum Gasteiger partial charge on any atom is 0.291 e. The molecule has 1 fully saturated rings. The average Bonchev–Trinajstić information content (AvgIpc) is 2.77. The van der Waals surface area contributed by atoms with E-state index in [1.807, 2.05) is 12.3 Å². The standard InChI is InChI=1S/C21H20Cl3N5O/c22-16-11-15(29-21(30)20(24)17(23)13-27-29)4-5-18(16)26-12-14-6-7-25-19(10-14)28-8-2-1-3-9-28/h4-7,10-11,13,26H,1-3,8-9,12H2. The van der Waals surface area contributed by atoms with Gasteiger partial charge >= 0.3 is 0 Å². The first-order valence-electron chi connectivity index (χ1n) is 9.70. The molecule has 156 valence electrons. The van der Waals surface area contributed by atoms with Crippen molar-refractivity contribution in [1.82, 2.24) is 14.8 Å². The molecule has 1 N–H and O–H groups in total. The van der Waals surface area contributed by atoms with Crippen LogP contribution in [0.1, 0.15) is 24.8 Å². The van der Waals surface area contributed by atoms with Crippen LogP contribution in [0.2, 0.25) is 15.1 Å². The number of nitrogens with zero attached hydrogens (tertiary/aromatic N) is 4. The second-order valence-corrected chi connectivity index (χ2v) is 8.30. The Morgan fingerprint density at radius 1 is 1.00 bits per heavy atom. The maximum absolute atomic E-state index is 12.3. The second-order valence-electron chi connectivity index (χ2n) is 7.11. The van der Waals surface area contributed by atoms with E-state index in [9.17, 15) is 4.79 Å². The monoisotopic (exact) mass is 463 g/mol. The lowest BCUT2D eigenvalue weighted by atomic mass is 10.1. The van der Waals surface area contributed by atoms with Crippen LogP contribution in [0.25, 0.3) is 5.69 Å². The Morgan fingerprint density at radius 3 is 2.57 bits per heavy atom. The number of anilines is 2. The summed E-state index contributed by atoms with van der Waals surface area (Å²) < 4.78 is 1.16. The van der Waals surface area contributed by atoms with Crippen LogP contribution in [0.3, 0.4) is 0 Å². The van der Waals surface area contributed by atoms with Crippen LogP contribution in [0.5, 0.6) is 0 Å². The minimum Gasteiger partial charge on any atom is -0.380 e. The Bertz CT molecular complexity index is 1110. The summed E-state index contributed by atoms with van der Waals surface area (Å²) in [5.41, 5.74) is 1.88. The molecule has 30 heavy (non-hydrogen) atoms. The zero-order valence-electron chi connectivity index (χ0n) is 16.1. The minimum atomic E-state index is -0.497. The zero-order chi connectivity index (χ0) is 21.1. The maximum atomic E-state index is 12.3. The summed E-state index contributed by atoms with van der Waals surface area (Å²) in [6.45, 7) is 2.71. The highest BCUT2D eigenvalue weighted by molar-refractivity contribution is 6.41. The van der Waals surface area contributed by atoms with Crippen LogP contribution in [-0.4, -0.2) is 27.9 Å². The van der Waals surface area contributed by atoms with Gasteiger partial charge in [0.15, 0.2) is 0 Å². The Kier molecular flexibility index (Phi) is 6.46. The third kappa shape index (κ3) is 4.56. The Labute approximate surface area is 189 Å². The molecule has 2 aromatic heterocycles. The molecule has 0 unspecified atom stereocenters. The molecule has 0 aliphatic carbocycles. The van der Waals surface area contributed by atoms with Crippen LogP contribution in [-0.2, 0) is 6.54 Å². The molecule has 0 atom stereocenters. The number of pyridine rings is 1. The van der Waals surface area contributed by atoms with Crippen molar-refractivity contribution in [3.05, 3.63) is 73.7 Å². The Morgan fingerprint density at radius 2 is 1.80 bits per heavy atom. The van der Waals surface area contributed by atoms with Crippen molar-refractivity contribution in [2.45, 2.75) is 25.8 Å². The van der Waals surface area contributed by atoms with Gasteiger partial charge in [0.25, 0.3) is 5.56 Å². The summed E-state index contributed by atoms with van der Waals surface area (Å²) in [4.78, 5) is 19.1. The van der Waals surface area contributed by atoms with Gasteiger partial charge in [-0.2, -0.15) is 9.78 Å². The van der Waals surface area contributed by atoms with Gasteiger partial charge in [-0.25, -0.2) is 4.98 Å². The van der Waals surface area contributed by atoms with E-state index in [0.717, 1.165) is 34.8 Å². The fourth-order valence-electron chi connectivity index (χ4n) is 3.44. The van der Waals surface area contributed by atoms with Crippen molar-refractivity contribution in [2.75, 3.05) is 23.3 Å². The predicted molar refractivity (Wildman–Crippen MR) is 122 cm³/mol. The van der Waals surface area contributed by atoms with E-state index >= 15 is 0 Å². The molecule has 0 bridgehead atoms. The Hall–Kier alpha value is -2.28. The third-order valence-electron chi connectivity index (χ3n) is 5.05. The van der Waals surface area contributed by atoms with Gasteiger partial charge in [-0.15, -0.1) is 0 Å². The lowest BCUT2D eigenvalue weighted by Gasteiger charge is -2.28. The van der Waals surface area contributed by atoms with E-state index in [1.165, 1.54) is 25.5 Å². The van der Waals surface area contributed by atoms with Gasteiger partial charge in [-0.3, -0.25) is 4.79 Å². The van der Waals surface area contributed by atoms with Gasteiger partial charge in [-0.1, -0.05) is 34.8 Å². The van der Waals surface area contributed by atoms with Gasteiger partial charge in [-0.05, 0) is 55.2 Å². The van der Waals surface area contributed by atoms with Gasteiger partial charge in [0.1, 0.15) is 10.8 Å². The number of halogens is 3. The summed E-state index contributed by atoms with van der Waals surface area (Å²) in [5, 5.41) is 7.87. The van der Waals surface area contributed by atoms with Crippen molar-refractivity contribution >= 4 is 46.3 Å². The largest absolute Gasteiger partial charge is 0.380 e. The van der Waals surface area contributed by atoms with Crippen molar-refractivity contribution in [1.29, 1.82) is 0 Å². The third-order valence-corrected chi connectivity index (χ3v) is 6.11. The minimum absolute atomic E-state index is 0.0767. The molecular weight excluding hydrogens is 445 g/mol. The average molecular weight is 465 g/mol. The van der Waals surface area contributed by atoms with Gasteiger partial charge in [0, 0.05) is 25.8 Å². The molecule has 3 aromatic rings. The van der Waals surface area contributed by atoms with Crippen molar-refractivity contribution < 1.29 is 0 Å². The molecule has 6 nitrogen and oxygen atoms in total. The normalized spacial score (nSPS) is 14.0. The molecule has 1 aliphatic heterocycles. The highest BCUT2D eigenvalue weighted by Gasteiger charge is 2.13. The highest BCUT2D eigenvalue weighted by atomic mass is 35.5. The molecule has 1 aliphatic rings. The van der Waals surface area contributed by atoms with E-state index in [-0.39, 0.29) is 10.0 Å². The van der Waals surface area contributed by atoms with Gasteiger partial charge < -0.3 is 10.2 Å². The van der Waals surface area contributed by atoms with Crippen LogP contribution < -0.4 is 15.8 Å². The number of hydrogen-bond donors (Lipinski definition) is 1. The van der Waals surface area contributed by atoms with Crippen molar-refractivity contribution in [2.24, 2.45) is 0 Å². The molecule has 1 saturated heterocycles. The first-order chi connectivity index (χ1) is 14.5. The predicted octanol–water partition coefficient (Wildman–Crippen LogP) is 5.19. The number of hydrogen-bond acceptors (Lipinski definition) is 5. The van der Waals surface area contributed by atoms with E-state index in [2.05, 4.69) is 26.4 Å². The quantitative estimate of drug-likeness (QED) is 0.563. The fourth-order valence-corrected chi connectivity index (χ4v) is 3.93. The number of nitrogens with one attached hydrogen (secondary N) is 1. The number of benzene rings is 1. The van der Waals surface area contributed by atoms with Crippen LogP contribution in [0, 0.1) is 0 Å². The summed E-state index contributed by atoms with van der Waals surface area (Å²) in [6.07, 6.45) is 6.88. The summed E-state index contributed by atoms with van der Waals surface area (Å²) >= 11 is 18.2. The van der Waals surface area contributed by atoms with E-state index in [1.54, 1.807) is 18.2 Å². The lowest BCUT2D eigenvalue weighted by Crippen LogP contribution is -2.30. The topological polar surface area (TPSA) is 63.1 Å². The summed E-state index contributed by atoms with van der Waals surface area (Å²) in [7, 11) is 0. The SMILES string of the molecule is O=c1c(Cl)c(Cl)cnn1-c1ccc(NCc2ccnc(N3CCCCC3)c2)c(Cl)c1.